The van der Waals surface area contributed by atoms with E-state index >= 15 is 0 Å². The van der Waals surface area contributed by atoms with E-state index in [0.29, 0.717) is 95.3 Å². The molecule has 1 unspecified atom stereocenters. The van der Waals surface area contributed by atoms with Crippen molar-refractivity contribution in [1.82, 2.24) is 40.1 Å². The quantitative estimate of drug-likeness (QED) is 0.0338. The van der Waals surface area contributed by atoms with E-state index in [9.17, 15) is 45.9 Å². The number of likely N-dealkylation sites (tertiary alicyclic amines) is 1. The number of aliphatic hydroxyl groups is 1. The SMILES string of the molecule is Cc1ncsc1-c1ccc([C@H](C)NC(=O)[C@@H]2C[C@@H](O)CN2C(=O)[C@@H](NC(=O)CN2CCN(C(=O)C3(C)CCC(c4ccc(Cl)cc4)=C(CN4CCN(c5ccc(C(=O)CS(=O)(=O)c6ccc(C[C@H](CCN7CCOCC7)CSc7ccccc7)c(S(C)(=O)=O)c6)cc5)CC4)C3)CC2)C(C)(C)C)cc1. The third kappa shape index (κ3) is 19.8. The van der Waals surface area contributed by atoms with Crippen molar-refractivity contribution in [2.45, 2.75) is 119 Å². The molecule has 5 aromatic carbocycles. The maximum absolute atomic E-state index is 14.9. The summed E-state index contributed by atoms with van der Waals surface area (Å²) in [5, 5.41) is 17.6. The van der Waals surface area contributed by atoms with Gasteiger partial charge in [0.15, 0.2) is 25.5 Å². The van der Waals surface area contributed by atoms with Gasteiger partial charge in [-0.25, -0.2) is 21.8 Å². The number of aryl methyl sites for hydroxylation is 1. The van der Waals surface area contributed by atoms with E-state index in [4.69, 9.17) is 16.3 Å². The summed E-state index contributed by atoms with van der Waals surface area (Å²) in [7, 11) is -8.11. The molecule has 5 heterocycles. The maximum atomic E-state index is 14.9. The first kappa shape index (κ1) is 77.3. The number of ether oxygens (including phenoxy) is 1. The van der Waals surface area contributed by atoms with Crippen molar-refractivity contribution in [1.29, 1.82) is 0 Å². The minimum atomic E-state index is -4.25. The Labute approximate surface area is 620 Å². The molecule has 4 aliphatic heterocycles. The van der Waals surface area contributed by atoms with E-state index in [0.717, 1.165) is 89.0 Å². The van der Waals surface area contributed by atoms with Crippen LogP contribution in [-0.4, -0.2) is 222 Å². The molecule has 4 saturated heterocycles. The molecule has 0 spiro atoms. The monoisotopic (exact) mass is 1500 g/mol. The Morgan fingerprint density at radius 1 is 0.806 bits per heavy atom. The highest BCUT2D eigenvalue weighted by atomic mass is 35.5. The average molecular weight is 1500 g/mol. The van der Waals surface area contributed by atoms with Gasteiger partial charge in [0.25, 0.3) is 0 Å². The molecule has 6 aromatic rings. The van der Waals surface area contributed by atoms with Gasteiger partial charge in [0.2, 0.25) is 23.6 Å². The highest BCUT2D eigenvalue weighted by Crippen LogP contribution is 2.45. The zero-order chi connectivity index (χ0) is 73.4. The number of benzene rings is 5. The number of piperazine rings is 2. The van der Waals surface area contributed by atoms with Gasteiger partial charge in [0.1, 0.15) is 17.8 Å². The molecule has 0 saturated carbocycles. The highest BCUT2D eigenvalue weighted by molar-refractivity contribution is 7.99. The van der Waals surface area contributed by atoms with Crippen LogP contribution < -0.4 is 15.5 Å². The van der Waals surface area contributed by atoms with E-state index in [2.05, 4.69) is 49.4 Å². The topological polar surface area (TPSA) is 239 Å². The molecule has 103 heavy (non-hydrogen) atoms. The lowest BCUT2D eigenvalue weighted by atomic mass is 9.70. The summed E-state index contributed by atoms with van der Waals surface area (Å²) in [5.41, 5.74) is 8.42. The molecule has 6 atom stereocenters. The van der Waals surface area contributed by atoms with Crippen LogP contribution in [0.4, 0.5) is 5.69 Å². The number of amides is 4. The van der Waals surface area contributed by atoms with Gasteiger partial charge in [-0.1, -0.05) is 106 Å². The second-order valence-electron chi connectivity index (χ2n) is 29.7. The number of rotatable bonds is 26. The Hall–Kier alpha value is -6.84. The Balaban J connectivity index is 0.668. The molecular formula is C78H98ClN9O11S4. The minimum absolute atomic E-state index is 0.00934. The first-order valence-electron chi connectivity index (χ1n) is 35.8. The lowest BCUT2D eigenvalue weighted by Gasteiger charge is -2.43. The molecule has 20 nitrogen and oxygen atoms in total. The first-order chi connectivity index (χ1) is 49.1. The van der Waals surface area contributed by atoms with Crippen molar-refractivity contribution in [3.63, 3.8) is 0 Å². The number of allylic oxidation sites excluding steroid dienone is 1. The number of thiazole rings is 1. The number of carbonyl (C=O) groups excluding carboxylic acids is 5. The average Bonchev–Trinajstić information content (AvgIpc) is 1.57. The molecule has 25 heteroatoms. The smallest absolute Gasteiger partial charge is 0.246 e. The van der Waals surface area contributed by atoms with Crippen LogP contribution >= 0.6 is 34.7 Å². The number of ketones is 1. The van der Waals surface area contributed by atoms with E-state index in [1.54, 1.807) is 41.3 Å². The van der Waals surface area contributed by atoms with Crippen molar-refractivity contribution in [2.75, 3.05) is 128 Å². The number of thioether (sulfide) groups is 1. The van der Waals surface area contributed by atoms with Crippen molar-refractivity contribution in [3.8, 4) is 10.4 Å². The molecule has 3 N–H and O–H groups in total. The van der Waals surface area contributed by atoms with Crippen LogP contribution in [-0.2, 0) is 50.0 Å². The number of β-amino-alcohol motifs (C(OH)–C–C–N with tert-alkyl or cyclic N) is 1. The molecule has 552 valence electrons. The Morgan fingerprint density at radius 2 is 1.48 bits per heavy atom. The largest absolute Gasteiger partial charge is 0.391 e. The van der Waals surface area contributed by atoms with Gasteiger partial charge in [0, 0.05) is 118 Å². The Bertz CT molecular complexity index is 4250. The van der Waals surface area contributed by atoms with Crippen molar-refractivity contribution in [3.05, 3.63) is 165 Å². The third-order valence-electron chi connectivity index (χ3n) is 20.9. The molecule has 4 fully saturated rings. The second kappa shape index (κ2) is 33.7. The van der Waals surface area contributed by atoms with Gasteiger partial charge in [-0.3, -0.25) is 38.7 Å². The Kier molecular flexibility index (Phi) is 25.3. The highest BCUT2D eigenvalue weighted by Gasteiger charge is 2.46. The summed E-state index contributed by atoms with van der Waals surface area (Å²) in [6, 6.07) is 34.8. The number of halogens is 1. The van der Waals surface area contributed by atoms with Crippen LogP contribution in [0.15, 0.2) is 147 Å². The molecular weight excluding hydrogens is 1400 g/mol. The van der Waals surface area contributed by atoms with Gasteiger partial charge < -0.3 is 35.2 Å². The fourth-order valence-corrected chi connectivity index (χ4v) is 19.1. The lowest BCUT2D eigenvalue weighted by Crippen LogP contribution is -2.59. The minimum Gasteiger partial charge on any atom is -0.391 e. The van der Waals surface area contributed by atoms with Gasteiger partial charge in [-0.05, 0) is 152 Å². The molecule has 5 aliphatic rings. The first-order valence-corrected chi connectivity index (χ1v) is 41.6. The predicted molar refractivity (Wildman–Crippen MR) is 407 cm³/mol. The van der Waals surface area contributed by atoms with E-state index in [1.807, 2.05) is 129 Å². The number of nitrogens with zero attached hydrogens (tertiary/aromatic N) is 7. The molecule has 4 amide bonds. The van der Waals surface area contributed by atoms with Crippen LogP contribution in [0.1, 0.15) is 106 Å². The number of carbonyl (C=O) groups is 5. The molecule has 11 rings (SSSR count). The van der Waals surface area contributed by atoms with Crippen molar-refractivity contribution < 1.29 is 50.7 Å². The number of Topliss-reactive ketones (excluding diaryl/α,β-unsaturated/α-hetero) is 1. The summed E-state index contributed by atoms with van der Waals surface area (Å²) < 4.78 is 60.4. The zero-order valence-corrected chi connectivity index (χ0v) is 64.2. The summed E-state index contributed by atoms with van der Waals surface area (Å²) in [4.78, 5) is 89.8. The lowest BCUT2D eigenvalue weighted by molar-refractivity contribution is -0.145. The summed E-state index contributed by atoms with van der Waals surface area (Å²) in [6.07, 6.45) is 3.42. The maximum Gasteiger partial charge on any atom is 0.246 e. The molecule has 0 radical (unpaired) electrons. The normalized spacial score (nSPS) is 20.7. The predicted octanol–water partition coefficient (Wildman–Crippen LogP) is 9.79. The summed E-state index contributed by atoms with van der Waals surface area (Å²) in [6.45, 7) is 20.6. The zero-order valence-electron chi connectivity index (χ0n) is 60.2. The third-order valence-corrected chi connectivity index (χ3v) is 26.2. The van der Waals surface area contributed by atoms with Gasteiger partial charge >= 0.3 is 0 Å². The number of aliphatic hydroxyl groups excluding tert-OH is 1. The van der Waals surface area contributed by atoms with Crippen LogP contribution in [0.3, 0.4) is 0 Å². The van der Waals surface area contributed by atoms with E-state index in [1.165, 1.54) is 28.2 Å². The number of sulfone groups is 2. The number of hydrogen-bond donors (Lipinski definition) is 3. The fraction of sp³-hybridized carbons (Fsp3) is 0.487. The molecule has 1 aromatic heterocycles. The summed E-state index contributed by atoms with van der Waals surface area (Å²) in [5.74, 6) is -1.67. The number of morpholine rings is 1. The van der Waals surface area contributed by atoms with Crippen LogP contribution in [0.25, 0.3) is 16.0 Å². The van der Waals surface area contributed by atoms with Crippen LogP contribution in [0, 0.1) is 23.7 Å². The van der Waals surface area contributed by atoms with Gasteiger partial charge in [-0.2, -0.15) is 0 Å². The van der Waals surface area contributed by atoms with Crippen molar-refractivity contribution >= 4 is 95.0 Å². The number of nitrogens with one attached hydrogen (secondary N) is 2. The van der Waals surface area contributed by atoms with E-state index < -0.39 is 66.1 Å². The fourth-order valence-electron chi connectivity index (χ4n) is 14.8. The Morgan fingerprint density at radius 3 is 2.13 bits per heavy atom. The standard InChI is InChI=1S/C78H98ClN9O11S4/c1-53(56-13-15-59(16-14-56)72-54(2)80-52-101-72)81-74(92)68-44-64(89)48-88(68)75(93)73(77(3,4)5)82-71(91)49-85-33-37-87(38-34-85)76(94)78(6)29-27-67(57-17-22-62(79)23-18-57)61(46-78)47-84-31-35-86(36-32-84)63-24-19-58(20-25-63)69(90)51-103(97,98)66-26-21-60(70(45-66)102(7,95)96)43-55(28-30-83-39-41-99-42-40-83)50-100-65-11-9-8-10-12-65/h8-26,45,52-53,55,64,68,73,89H,27-44,46-51H2,1-7H3,(H,81,92)(H,82,91)/t53-,55-,64+,68-,73+,78?/m0/s1. The van der Waals surface area contributed by atoms with Crippen LogP contribution in [0.5, 0.6) is 0 Å². The second-order valence-corrected chi connectivity index (χ2v) is 36.1. The van der Waals surface area contributed by atoms with E-state index in [-0.39, 0.29) is 64.5 Å². The summed E-state index contributed by atoms with van der Waals surface area (Å²) >= 11 is 9.69. The number of anilines is 1. The number of aromatic nitrogens is 1. The van der Waals surface area contributed by atoms with Gasteiger partial charge in [0.05, 0.1) is 63.2 Å². The molecule has 1 aliphatic carbocycles. The van der Waals surface area contributed by atoms with Crippen LogP contribution in [0.2, 0.25) is 5.02 Å². The van der Waals surface area contributed by atoms with Crippen molar-refractivity contribution in [2.24, 2.45) is 16.7 Å². The molecule has 0 bridgehead atoms. The van der Waals surface area contributed by atoms with Gasteiger partial charge in [-0.15, -0.1) is 23.1 Å². The number of hydrogen-bond acceptors (Lipinski definition) is 18.